The molecule has 1 aromatic heterocycles. The summed E-state index contributed by atoms with van der Waals surface area (Å²) in [5.74, 6) is -0.880. The van der Waals surface area contributed by atoms with Crippen LogP contribution in [0, 0.1) is 11.6 Å². The molecule has 0 aliphatic carbocycles. The Morgan fingerprint density at radius 1 is 1.03 bits per heavy atom. The van der Waals surface area contributed by atoms with Crippen LogP contribution >= 0.6 is 0 Å². The Morgan fingerprint density at radius 3 is 2.54 bits per heavy atom. The second kappa shape index (κ2) is 10.9. The van der Waals surface area contributed by atoms with Crippen LogP contribution in [0.4, 0.5) is 8.78 Å². The Bertz CT molecular complexity index is 1410. The minimum atomic E-state index is -0.891. The van der Waals surface area contributed by atoms with Crippen LogP contribution < -0.4 is 10.1 Å². The Kier molecular flexibility index (Phi) is 7.38. The zero-order valence-corrected chi connectivity index (χ0v) is 21.3. The molecule has 4 nitrogen and oxygen atoms in total. The van der Waals surface area contributed by atoms with E-state index in [0.717, 1.165) is 53.5 Å². The van der Waals surface area contributed by atoms with Gasteiger partial charge < -0.3 is 14.6 Å². The van der Waals surface area contributed by atoms with Crippen LogP contribution in [-0.4, -0.2) is 29.5 Å². The Balaban J connectivity index is 1.55. The summed E-state index contributed by atoms with van der Waals surface area (Å²) in [7, 11) is 0. The smallest absolute Gasteiger partial charge is 0.165 e. The van der Waals surface area contributed by atoms with E-state index in [1.807, 2.05) is 30.3 Å². The van der Waals surface area contributed by atoms with Crippen molar-refractivity contribution < 1.29 is 18.3 Å². The standard InChI is InChI=1S/C31H32F2N2O2/c1-20(2)31-30(29(36)13-9-21-8-12-26(32)27(33)16-21)25-11-10-23(37-24-14-15-34-18-24)17-28(25)35(31)19-22-6-4-3-5-7-22/h3-8,10-12,16-17,20,24,34H,9,13-15,18-19H2,1-2H3. The molecule has 0 radical (unpaired) electrons. The summed E-state index contributed by atoms with van der Waals surface area (Å²) >= 11 is 0. The summed E-state index contributed by atoms with van der Waals surface area (Å²) in [4.78, 5) is 13.7. The molecule has 0 bridgehead atoms. The normalized spacial score (nSPS) is 15.5. The maximum absolute atomic E-state index is 13.7. The summed E-state index contributed by atoms with van der Waals surface area (Å²) in [6.45, 7) is 6.61. The van der Waals surface area contributed by atoms with Gasteiger partial charge in [-0.25, -0.2) is 8.78 Å². The molecule has 0 amide bonds. The third kappa shape index (κ3) is 5.44. The molecular formula is C31H32F2N2O2. The molecule has 1 aliphatic heterocycles. The van der Waals surface area contributed by atoms with Crippen molar-refractivity contribution in [2.24, 2.45) is 0 Å². The number of nitrogens with one attached hydrogen (secondary N) is 1. The molecule has 1 unspecified atom stereocenters. The predicted molar refractivity (Wildman–Crippen MR) is 142 cm³/mol. The average Bonchev–Trinajstić information content (AvgIpc) is 3.51. The molecule has 1 N–H and O–H groups in total. The van der Waals surface area contributed by atoms with Gasteiger partial charge in [-0.05, 0) is 60.7 Å². The molecule has 37 heavy (non-hydrogen) atoms. The third-order valence-corrected chi connectivity index (χ3v) is 7.03. The van der Waals surface area contributed by atoms with E-state index in [-0.39, 0.29) is 24.2 Å². The van der Waals surface area contributed by atoms with Crippen molar-refractivity contribution in [3.05, 3.63) is 101 Å². The number of carbonyl (C=O) groups excluding carboxylic acids is 1. The van der Waals surface area contributed by atoms with Crippen LogP contribution in [0.5, 0.6) is 5.75 Å². The molecule has 6 heteroatoms. The summed E-state index contributed by atoms with van der Waals surface area (Å²) in [5.41, 5.74) is 4.40. The van der Waals surface area contributed by atoms with Gasteiger partial charge >= 0.3 is 0 Å². The highest BCUT2D eigenvalue weighted by Crippen LogP contribution is 2.35. The lowest BCUT2D eigenvalue weighted by Crippen LogP contribution is -2.19. The number of aromatic nitrogens is 1. The Morgan fingerprint density at radius 2 is 1.84 bits per heavy atom. The van der Waals surface area contributed by atoms with Crippen LogP contribution in [-0.2, 0) is 13.0 Å². The number of nitrogens with zero attached hydrogens (tertiary/aromatic N) is 1. The third-order valence-electron chi connectivity index (χ3n) is 7.03. The quantitative estimate of drug-likeness (QED) is 0.261. The Labute approximate surface area is 216 Å². The molecular weight excluding hydrogens is 470 g/mol. The second-order valence-corrected chi connectivity index (χ2v) is 10.1. The largest absolute Gasteiger partial charge is 0.489 e. The van der Waals surface area contributed by atoms with Gasteiger partial charge in [0.05, 0.1) is 5.52 Å². The van der Waals surface area contributed by atoms with Gasteiger partial charge in [-0.2, -0.15) is 0 Å². The summed E-state index contributed by atoms with van der Waals surface area (Å²) < 4.78 is 35.6. The lowest BCUT2D eigenvalue weighted by atomic mass is 9.96. The first-order chi connectivity index (χ1) is 17.9. The van der Waals surface area contributed by atoms with Crippen molar-refractivity contribution in [3.63, 3.8) is 0 Å². The van der Waals surface area contributed by atoms with Gasteiger partial charge in [0.15, 0.2) is 17.4 Å². The van der Waals surface area contributed by atoms with Crippen molar-refractivity contribution >= 4 is 16.7 Å². The van der Waals surface area contributed by atoms with Gasteiger partial charge in [0.1, 0.15) is 11.9 Å². The van der Waals surface area contributed by atoms with Gasteiger partial charge in [0, 0.05) is 42.2 Å². The van der Waals surface area contributed by atoms with Gasteiger partial charge in [-0.1, -0.05) is 50.2 Å². The van der Waals surface area contributed by atoms with Crippen LogP contribution in [0.3, 0.4) is 0 Å². The fourth-order valence-corrected chi connectivity index (χ4v) is 5.25. The number of halogens is 2. The van der Waals surface area contributed by atoms with Gasteiger partial charge in [0.25, 0.3) is 0 Å². The lowest BCUT2D eigenvalue weighted by molar-refractivity contribution is 0.0982. The van der Waals surface area contributed by atoms with Gasteiger partial charge in [0.2, 0.25) is 0 Å². The van der Waals surface area contributed by atoms with E-state index in [1.54, 1.807) is 0 Å². The number of hydrogen-bond acceptors (Lipinski definition) is 3. The number of rotatable bonds is 9. The summed E-state index contributed by atoms with van der Waals surface area (Å²) in [6.07, 6.45) is 1.65. The monoisotopic (exact) mass is 502 g/mol. The first-order valence-electron chi connectivity index (χ1n) is 12.9. The molecule has 0 spiro atoms. The number of Topliss-reactive ketones (excluding diaryl/α,β-unsaturated/α-hetero) is 1. The maximum atomic E-state index is 13.7. The maximum Gasteiger partial charge on any atom is 0.165 e. The van der Waals surface area contributed by atoms with E-state index in [0.29, 0.717) is 24.1 Å². The van der Waals surface area contributed by atoms with E-state index in [9.17, 15) is 13.6 Å². The molecule has 0 saturated carbocycles. The number of carbonyl (C=O) groups is 1. The van der Waals surface area contributed by atoms with Crippen LogP contribution in [0.1, 0.15) is 59.8 Å². The fraction of sp³-hybridized carbons (Fsp3) is 0.323. The van der Waals surface area contributed by atoms with E-state index in [1.165, 1.54) is 12.1 Å². The molecule has 1 aliphatic rings. The van der Waals surface area contributed by atoms with Crippen molar-refractivity contribution in [2.45, 2.75) is 51.7 Å². The number of benzene rings is 3. The van der Waals surface area contributed by atoms with Crippen molar-refractivity contribution in [1.29, 1.82) is 0 Å². The number of ketones is 1. The second-order valence-electron chi connectivity index (χ2n) is 10.1. The highest BCUT2D eigenvalue weighted by atomic mass is 19.2. The molecule has 192 valence electrons. The lowest BCUT2D eigenvalue weighted by Gasteiger charge is -2.16. The van der Waals surface area contributed by atoms with Crippen molar-refractivity contribution in [3.8, 4) is 5.75 Å². The minimum absolute atomic E-state index is 0.00101. The summed E-state index contributed by atoms with van der Waals surface area (Å²) in [5, 5.41) is 4.23. The molecule has 1 saturated heterocycles. The van der Waals surface area contributed by atoms with Gasteiger partial charge in [-0.3, -0.25) is 4.79 Å². The molecule has 1 atom stereocenters. The SMILES string of the molecule is CC(C)c1c(C(=O)CCc2ccc(F)c(F)c2)c2ccc(OC3CCNC3)cc2n1Cc1ccccc1. The van der Waals surface area contributed by atoms with E-state index in [2.05, 4.69) is 41.9 Å². The van der Waals surface area contributed by atoms with Crippen molar-refractivity contribution in [2.75, 3.05) is 13.1 Å². The minimum Gasteiger partial charge on any atom is -0.489 e. The Hall–Kier alpha value is -3.51. The van der Waals surface area contributed by atoms with E-state index < -0.39 is 11.6 Å². The number of fused-ring (bicyclic) bond motifs is 1. The van der Waals surface area contributed by atoms with Crippen LogP contribution in [0.25, 0.3) is 10.9 Å². The molecule has 1 fully saturated rings. The van der Waals surface area contributed by atoms with E-state index >= 15 is 0 Å². The first kappa shape index (κ1) is 25.2. The van der Waals surface area contributed by atoms with E-state index in [4.69, 9.17) is 4.74 Å². The van der Waals surface area contributed by atoms with Crippen LogP contribution in [0.2, 0.25) is 0 Å². The number of ether oxygens (including phenoxy) is 1. The van der Waals surface area contributed by atoms with Crippen LogP contribution in [0.15, 0.2) is 66.7 Å². The topological polar surface area (TPSA) is 43.3 Å². The summed E-state index contributed by atoms with van der Waals surface area (Å²) in [6, 6.07) is 20.0. The molecule has 2 heterocycles. The molecule has 3 aromatic carbocycles. The highest BCUT2D eigenvalue weighted by molar-refractivity contribution is 6.10. The first-order valence-corrected chi connectivity index (χ1v) is 12.9. The number of aryl methyl sites for hydroxylation is 1. The molecule has 4 aromatic rings. The zero-order valence-electron chi connectivity index (χ0n) is 21.3. The zero-order chi connectivity index (χ0) is 25.9. The molecule has 5 rings (SSSR count). The highest BCUT2D eigenvalue weighted by Gasteiger charge is 2.25. The fourth-order valence-electron chi connectivity index (χ4n) is 5.25. The van der Waals surface area contributed by atoms with Gasteiger partial charge in [-0.15, -0.1) is 0 Å². The predicted octanol–water partition coefficient (Wildman–Crippen LogP) is 6.65. The average molecular weight is 503 g/mol. The number of hydrogen-bond donors (Lipinski definition) is 1. The van der Waals surface area contributed by atoms with Crippen molar-refractivity contribution in [1.82, 2.24) is 9.88 Å².